The Labute approximate surface area is 173 Å². The monoisotopic (exact) mass is 421 g/mol. The van der Waals surface area contributed by atoms with Crippen molar-refractivity contribution in [3.05, 3.63) is 23.8 Å². The Kier molecular flexibility index (Phi) is 6.63. The summed E-state index contributed by atoms with van der Waals surface area (Å²) in [6.45, 7) is 7.31. The summed E-state index contributed by atoms with van der Waals surface area (Å²) in [7, 11) is -3.58. The molecule has 1 aromatic carbocycles. The highest BCUT2D eigenvalue weighted by molar-refractivity contribution is 7.89. The summed E-state index contributed by atoms with van der Waals surface area (Å²) in [6, 6.07) is 4.29. The number of nitrogens with zero attached hydrogens (tertiary/aromatic N) is 2. The van der Waals surface area contributed by atoms with Gasteiger partial charge in [0, 0.05) is 31.7 Å². The third kappa shape index (κ3) is 4.64. The second-order valence-corrected chi connectivity index (χ2v) is 10.2. The van der Waals surface area contributed by atoms with Crippen molar-refractivity contribution in [2.24, 2.45) is 5.92 Å². The van der Waals surface area contributed by atoms with E-state index in [0.29, 0.717) is 31.7 Å². The molecule has 3 rings (SSSR count). The molecular formula is C21H31N3O4S. The minimum atomic E-state index is -3.58. The van der Waals surface area contributed by atoms with Gasteiger partial charge in [-0.05, 0) is 49.8 Å². The highest BCUT2D eigenvalue weighted by atomic mass is 32.2. The van der Waals surface area contributed by atoms with Gasteiger partial charge < -0.3 is 10.2 Å². The molecule has 1 N–H and O–H groups in total. The molecule has 2 fully saturated rings. The van der Waals surface area contributed by atoms with E-state index in [1.165, 1.54) is 4.31 Å². The zero-order chi connectivity index (χ0) is 21.2. The van der Waals surface area contributed by atoms with Gasteiger partial charge in [0.1, 0.15) is 6.04 Å². The Balaban J connectivity index is 1.84. The molecule has 1 atom stereocenters. The lowest BCUT2D eigenvalue weighted by Gasteiger charge is -2.30. The average Bonchev–Trinajstić information content (AvgIpc) is 3.09. The van der Waals surface area contributed by atoms with Gasteiger partial charge in [-0.3, -0.25) is 9.59 Å². The fraction of sp³-hybridized carbons (Fsp3) is 0.619. The molecule has 1 unspecified atom stereocenters. The number of piperidine rings is 1. The van der Waals surface area contributed by atoms with Crippen LogP contribution in [0.3, 0.4) is 0 Å². The molecule has 2 saturated heterocycles. The largest absolute Gasteiger partial charge is 0.330 e. The molecule has 0 aliphatic carbocycles. The Morgan fingerprint density at radius 3 is 2.34 bits per heavy atom. The molecule has 0 saturated carbocycles. The fourth-order valence-corrected chi connectivity index (χ4v) is 5.67. The predicted molar refractivity (Wildman–Crippen MR) is 112 cm³/mol. The molecule has 0 aromatic heterocycles. The van der Waals surface area contributed by atoms with E-state index in [0.717, 1.165) is 31.2 Å². The number of hydrogen-bond acceptors (Lipinski definition) is 4. The van der Waals surface area contributed by atoms with Crippen LogP contribution in [0.2, 0.25) is 0 Å². The van der Waals surface area contributed by atoms with Crippen molar-refractivity contribution in [3.63, 3.8) is 0 Å². The Morgan fingerprint density at radius 2 is 1.76 bits per heavy atom. The van der Waals surface area contributed by atoms with Crippen LogP contribution in [0.5, 0.6) is 0 Å². The van der Waals surface area contributed by atoms with Gasteiger partial charge in [0.15, 0.2) is 0 Å². The quantitative estimate of drug-likeness (QED) is 0.765. The summed E-state index contributed by atoms with van der Waals surface area (Å²) in [6.07, 6.45) is 4.02. The van der Waals surface area contributed by atoms with Crippen LogP contribution in [0.25, 0.3) is 0 Å². The van der Waals surface area contributed by atoms with Crippen LogP contribution in [0.1, 0.15) is 51.5 Å². The molecule has 8 heteroatoms. The van der Waals surface area contributed by atoms with Crippen molar-refractivity contribution in [2.45, 2.75) is 63.8 Å². The molecule has 2 amide bonds. The van der Waals surface area contributed by atoms with Crippen molar-refractivity contribution in [2.75, 3.05) is 25.0 Å². The van der Waals surface area contributed by atoms with Crippen LogP contribution in [-0.4, -0.2) is 55.1 Å². The van der Waals surface area contributed by atoms with Crippen LogP contribution >= 0.6 is 0 Å². The first-order valence-corrected chi connectivity index (χ1v) is 11.9. The van der Waals surface area contributed by atoms with Gasteiger partial charge in [-0.2, -0.15) is 4.31 Å². The summed E-state index contributed by atoms with van der Waals surface area (Å²) in [4.78, 5) is 27.0. The van der Waals surface area contributed by atoms with Gasteiger partial charge in [-0.25, -0.2) is 8.42 Å². The Hall–Kier alpha value is -1.93. The summed E-state index contributed by atoms with van der Waals surface area (Å²) in [5.74, 6) is -0.319. The zero-order valence-corrected chi connectivity index (χ0v) is 18.3. The summed E-state index contributed by atoms with van der Waals surface area (Å²) >= 11 is 0. The standard InChI is InChI=1S/C21H31N3O4S/c1-15(2)20(24-13-7-8-19(24)25)21(26)22-18-14-17(10-9-16(18)3)29(27,28)23-11-5-4-6-12-23/h9-10,14-15,20H,4-8,11-13H2,1-3H3,(H,22,26). The number of sulfonamides is 1. The fourth-order valence-electron chi connectivity index (χ4n) is 4.12. The maximum absolute atomic E-state index is 13.0. The van der Waals surface area contributed by atoms with E-state index < -0.39 is 16.1 Å². The topological polar surface area (TPSA) is 86.8 Å². The zero-order valence-electron chi connectivity index (χ0n) is 17.5. The van der Waals surface area contributed by atoms with Crippen LogP contribution in [0.4, 0.5) is 5.69 Å². The van der Waals surface area contributed by atoms with E-state index in [4.69, 9.17) is 0 Å². The first-order chi connectivity index (χ1) is 13.7. The van der Waals surface area contributed by atoms with Crippen LogP contribution in [0, 0.1) is 12.8 Å². The van der Waals surface area contributed by atoms with Crippen LogP contribution in [0.15, 0.2) is 23.1 Å². The van der Waals surface area contributed by atoms with E-state index in [9.17, 15) is 18.0 Å². The average molecular weight is 422 g/mol. The van der Waals surface area contributed by atoms with E-state index in [2.05, 4.69) is 5.32 Å². The first kappa shape index (κ1) is 21.8. The highest BCUT2D eigenvalue weighted by Crippen LogP contribution is 2.26. The number of hydrogen-bond donors (Lipinski definition) is 1. The van der Waals surface area contributed by atoms with Gasteiger partial charge in [-0.15, -0.1) is 0 Å². The smallest absolute Gasteiger partial charge is 0.247 e. The van der Waals surface area contributed by atoms with Gasteiger partial charge in [0.2, 0.25) is 21.8 Å². The van der Waals surface area contributed by atoms with Gasteiger partial charge in [0.05, 0.1) is 4.90 Å². The Morgan fingerprint density at radius 1 is 1.07 bits per heavy atom. The lowest BCUT2D eigenvalue weighted by molar-refractivity contribution is -0.136. The van der Waals surface area contributed by atoms with E-state index in [1.807, 2.05) is 20.8 Å². The Bertz CT molecular complexity index is 876. The van der Waals surface area contributed by atoms with Crippen molar-refractivity contribution >= 4 is 27.5 Å². The number of rotatable bonds is 6. The second-order valence-electron chi connectivity index (χ2n) is 8.31. The number of carbonyl (C=O) groups excluding carboxylic acids is 2. The SMILES string of the molecule is Cc1ccc(S(=O)(=O)N2CCCCC2)cc1NC(=O)C(C(C)C)N1CCCC1=O. The molecule has 1 aromatic rings. The highest BCUT2D eigenvalue weighted by Gasteiger charge is 2.35. The number of benzene rings is 1. The lowest BCUT2D eigenvalue weighted by Crippen LogP contribution is -2.48. The molecule has 0 spiro atoms. The van der Waals surface area contributed by atoms with Gasteiger partial charge in [0.25, 0.3) is 0 Å². The molecule has 2 heterocycles. The van der Waals surface area contributed by atoms with Crippen molar-refractivity contribution in [1.29, 1.82) is 0 Å². The molecule has 160 valence electrons. The van der Waals surface area contributed by atoms with Crippen molar-refractivity contribution in [1.82, 2.24) is 9.21 Å². The lowest BCUT2D eigenvalue weighted by atomic mass is 10.0. The normalized spacial score (nSPS) is 19.6. The third-order valence-electron chi connectivity index (χ3n) is 5.77. The molecule has 2 aliphatic rings. The van der Waals surface area contributed by atoms with Crippen LogP contribution in [-0.2, 0) is 19.6 Å². The molecule has 0 radical (unpaired) electrons. The molecule has 7 nitrogen and oxygen atoms in total. The number of carbonyl (C=O) groups is 2. The second kappa shape index (κ2) is 8.83. The van der Waals surface area contributed by atoms with Crippen molar-refractivity contribution < 1.29 is 18.0 Å². The summed E-state index contributed by atoms with van der Waals surface area (Å²) < 4.78 is 27.5. The number of aryl methyl sites for hydroxylation is 1. The van der Waals surface area contributed by atoms with Gasteiger partial charge in [-0.1, -0.05) is 26.3 Å². The maximum Gasteiger partial charge on any atom is 0.247 e. The number of amides is 2. The summed E-state index contributed by atoms with van der Waals surface area (Å²) in [5, 5.41) is 2.89. The predicted octanol–water partition coefficient (Wildman–Crippen LogP) is 2.76. The molecular weight excluding hydrogens is 390 g/mol. The molecule has 2 aliphatic heterocycles. The minimum absolute atomic E-state index is 0.00278. The van der Waals surface area contributed by atoms with Gasteiger partial charge >= 0.3 is 0 Å². The van der Waals surface area contributed by atoms with E-state index >= 15 is 0 Å². The maximum atomic E-state index is 13.0. The van der Waals surface area contributed by atoms with Crippen LogP contribution < -0.4 is 5.32 Å². The number of anilines is 1. The molecule has 0 bridgehead atoms. The summed E-state index contributed by atoms with van der Waals surface area (Å²) in [5.41, 5.74) is 1.26. The number of likely N-dealkylation sites (tertiary alicyclic amines) is 1. The van der Waals surface area contributed by atoms with E-state index in [-0.39, 0.29) is 22.6 Å². The molecule has 29 heavy (non-hydrogen) atoms. The minimum Gasteiger partial charge on any atom is -0.330 e. The van der Waals surface area contributed by atoms with E-state index in [1.54, 1.807) is 23.1 Å². The first-order valence-electron chi connectivity index (χ1n) is 10.4. The number of nitrogens with one attached hydrogen (secondary N) is 1. The third-order valence-corrected chi connectivity index (χ3v) is 7.66. The van der Waals surface area contributed by atoms with Crippen molar-refractivity contribution in [3.8, 4) is 0 Å².